The fourth-order valence-corrected chi connectivity index (χ4v) is 2.82. The maximum absolute atomic E-state index is 5.81. The minimum Gasteiger partial charge on any atom is -0.492 e. The summed E-state index contributed by atoms with van der Waals surface area (Å²) in [6, 6.07) is 8.28. The monoisotopic (exact) mass is 277 g/mol. The van der Waals surface area contributed by atoms with E-state index in [4.69, 9.17) is 10.5 Å². The fraction of sp³-hybridized carbons (Fsp3) is 0.625. The summed E-state index contributed by atoms with van der Waals surface area (Å²) in [7, 11) is 2.22. The number of nitrogen functional groups attached to an aromatic ring is 1. The Kier molecular flexibility index (Phi) is 5.68. The Morgan fingerprint density at radius 3 is 2.70 bits per heavy atom. The van der Waals surface area contributed by atoms with Gasteiger partial charge in [-0.3, -0.25) is 4.90 Å². The number of anilines is 1. The van der Waals surface area contributed by atoms with Gasteiger partial charge in [-0.1, -0.05) is 6.92 Å². The predicted molar refractivity (Wildman–Crippen MR) is 84.1 cm³/mol. The highest BCUT2D eigenvalue weighted by Gasteiger charge is 2.21. The zero-order valence-corrected chi connectivity index (χ0v) is 12.7. The lowest BCUT2D eigenvalue weighted by atomic mass is 10.2. The van der Waals surface area contributed by atoms with Crippen LogP contribution in [0, 0.1) is 0 Å². The molecule has 4 nitrogen and oxygen atoms in total. The Bertz CT molecular complexity index is 393. The van der Waals surface area contributed by atoms with Gasteiger partial charge in [0.25, 0.3) is 0 Å². The van der Waals surface area contributed by atoms with Crippen LogP contribution in [0.5, 0.6) is 5.75 Å². The van der Waals surface area contributed by atoms with Crippen molar-refractivity contribution in [3.8, 4) is 5.75 Å². The van der Waals surface area contributed by atoms with Crippen LogP contribution in [-0.2, 0) is 0 Å². The minimum absolute atomic E-state index is 0.650. The number of likely N-dealkylation sites (N-methyl/N-ethyl adjacent to an activating group) is 1. The Hall–Kier alpha value is -1.26. The van der Waals surface area contributed by atoms with Crippen LogP contribution in [0.25, 0.3) is 0 Å². The van der Waals surface area contributed by atoms with E-state index >= 15 is 0 Å². The summed E-state index contributed by atoms with van der Waals surface area (Å²) in [5, 5.41) is 0. The summed E-state index contributed by atoms with van der Waals surface area (Å²) >= 11 is 0. The molecule has 1 aromatic carbocycles. The molecule has 1 aromatic rings. The third-order valence-electron chi connectivity index (χ3n) is 4.02. The van der Waals surface area contributed by atoms with Gasteiger partial charge in [-0.25, -0.2) is 0 Å². The van der Waals surface area contributed by atoms with Gasteiger partial charge in [0.15, 0.2) is 0 Å². The molecule has 20 heavy (non-hydrogen) atoms. The van der Waals surface area contributed by atoms with Gasteiger partial charge in [0, 0.05) is 24.8 Å². The number of hydrogen-bond donors (Lipinski definition) is 1. The summed E-state index contributed by atoms with van der Waals surface area (Å²) in [6.45, 7) is 7.55. The van der Waals surface area contributed by atoms with Crippen molar-refractivity contribution in [2.45, 2.75) is 25.8 Å². The zero-order valence-electron chi connectivity index (χ0n) is 12.7. The van der Waals surface area contributed by atoms with Gasteiger partial charge in [0.05, 0.1) is 0 Å². The van der Waals surface area contributed by atoms with E-state index in [1.54, 1.807) is 0 Å². The van der Waals surface area contributed by atoms with Crippen molar-refractivity contribution in [1.82, 2.24) is 9.80 Å². The van der Waals surface area contributed by atoms with Crippen molar-refractivity contribution in [3.05, 3.63) is 24.3 Å². The number of benzene rings is 1. The van der Waals surface area contributed by atoms with E-state index < -0.39 is 0 Å². The molecule has 1 aliphatic rings. The van der Waals surface area contributed by atoms with E-state index in [0.29, 0.717) is 6.04 Å². The van der Waals surface area contributed by atoms with Crippen molar-refractivity contribution in [3.63, 3.8) is 0 Å². The van der Waals surface area contributed by atoms with E-state index in [-0.39, 0.29) is 0 Å². The highest BCUT2D eigenvalue weighted by atomic mass is 16.5. The molecule has 1 aliphatic heterocycles. The Morgan fingerprint density at radius 1 is 1.25 bits per heavy atom. The van der Waals surface area contributed by atoms with Gasteiger partial charge in [0.1, 0.15) is 12.4 Å². The molecule has 1 saturated heterocycles. The zero-order chi connectivity index (χ0) is 14.4. The number of ether oxygens (including phenoxy) is 1. The number of nitrogens with zero attached hydrogens (tertiary/aromatic N) is 2. The van der Waals surface area contributed by atoms with Gasteiger partial charge in [-0.2, -0.15) is 0 Å². The first kappa shape index (κ1) is 15.1. The quantitative estimate of drug-likeness (QED) is 0.837. The van der Waals surface area contributed by atoms with Crippen molar-refractivity contribution < 1.29 is 4.74 Å². The van der Waals surface area contributed by atoms with Gasteiger partial charge < -0.3 is 15.4 Å². The minimum atomic E-state index is 0.650. The predicted octanol–water partition coefficient (Wildman–Crippen LogP) is 2.06. The molecule has 0 aromatic heterocycles. The molecule has 0 spiro atoms. The maximum Gasteiger partial charge on any atom is 0.119 e. The van der Waals surface area contributed by atoms with Gasteiger partial charge in [0.2, 0.25) is 0 Å². The molecule has 0 saturated carbocycles. The van der Waals surface area contributed by atoms with E-state index in [2.05, 4.69) is 23.8 Å². The van der Waals surface area contributed by atoms with Crippen LogP contribution < -0.4 is 10.5 Å². The third kappa shape index (κ3) is 4.39. The van der Waals surface area contributed by atoms with E-state index in [0.717, 1.165) is 24.6 Å². The van der Waals surface area contributed by atoms with E-state index in [1.165, 1.54) is 32.5 Å². The first-order valence-corrected chi connectivity index (χ1v) is 7.60. The normalized spacial score (nSPS) is 21.6. The average Bonchev–Trinajstić information content (AvgIpc) is 2.62. The number of nitrogens with two attached hydrogens (primary N) is 1. The lowest BCUT2D eigenvalue weighted by Crippen LogP contribution is -2.41. The molecule has 1 fully saturated rings. The molecule has 4 heteroatoms. The van der Waals surface area contributed by atoms with Crippen LogP contribution in [0.3, 0.4) is 0 Å². The lowest BCUT2D eigenvalue weighted by molar-refractivity contribution is 0.152. The second kappa shape index (κ2) is 7.50. The van der Waals surface area contributed by atoms with Crippen molar-refractivity contribution >= 4 is 5.69 Å². The van der Waals surface area contributed by atoms with Crippen LogP contribution >= 0.6 is 0 Å². The van der Waals surface area contributed by atoms with Crippen LogP contribution in [-0.4, -0.2) is 55.7 Å². The lowest BCUT2D eigenvalue weighted by Gasteiger charge is -2.29. The number of rotatable bonds is 5. The molecule has 2 N–H and O–H groups in total. The Labute approximate surface area is 122 Å². The smallest absolute Gasteiger partial charge is 0.119 e. The second-order valence-electron chi connectivity index (χ2n) is 5.63. The summed E-state index contributed by atoms with van der Waals surface area (Å²) in [6.07, 6.45) is 2.45. The molecule has 0 amide bonds. The van der Waals surface area contributed by atoms with E-state index in [9.17, 15) is 0 Å². The van der Waals surface area contributed by atoms with Gasteiger partial charge in [-0.15, -0.1) is 0 Å². The first-order valence-electron chi connectivity index (χ1n) is 7.60. The van der Waals surface area contributed by atoms with Crippen molar-refractivity contribution in [2.75, 3.05) is 45.6 Å². The molecule has 1 atom stereocenters. The highest BCUT2D eigenvalue weighted by molar-refractivity contribution is 5.41. The standard InChI is InChI=1S/C16H27N3O/c1-3-15-13-18(2)9-4-10-19(15)11-12-20-16-7-5-14(17)6-8-16/h5-8,15H,3-4,9-13,17H2,1-2H3. The van der Waals surface area contributed by atoms with Gasteiger partial charge in [-0.05, 0) is 57.2 Å². The van der Waals surface area contributed by atoms with Crippen molar-refractivity contribution in [1.29, 1.82) is 0 Å². The molecule has 1 heterocycles. The molecule has 0 radical (unpaired) electrons. The molecule has 0 bridgehead atoms. The molecule has 112 valence electrons. The molecular weight excluding hydrogens is 250 g/mol. The van der Waals surface area contributed by atoms with Crippen molar-refractivity contribution in [2.24, 2.45) is 0 Å². The largest absolute Gasteiger partial charge is 0.492 e. The Morgan fingerprint density at radius 2 is 2.00 bits per heavy atom. The average molecular weight is 277 g/mol. The Balaban J connectivity index is 1.80. The van der Waals surface area contributed by atoms with Crippen LogP contribution in [0.15, 0.2) is 24.3 Å². The first-order chi connectivity index (χ1) is 9.69. The van der Waals surface area contributed by atoms with Gasteiger partial charge >= 0.3 is 0 Å². The van der Waals surface area contributed by atoms with E-state index in [1.807, 2.05) is 24.3 Å². The highest BCUT2D eigenvalue weighted by Crippen LogP contribution is 2.14. The van der Waals surface area contributed by atoms with Crippen LogP contribution in [0.2, 0.25) is 0 Å². The molecule has 0 aliphatic carbocycles. The molecule has 1 unspecified atom stereocenters. The summed E-state index contributed by atoms with van der Waals surface area (Å²) in [4.78, 5) is 5.01. The van der Waals surface area contributed by atoms with Crippen LogP contribution in [0.4, 0.5) is 5.69 Å². The summed E-state index contributed by atoms with van der Waals surface area (Å²) < 4.78 is 5.81. The summed E-state index contributed by atoms with van der Waals surface area (Å²) in [5.41, 5.74) is 6.45. The fourth-order valence-electron chi connectivity index (χ4n) is 2.82. The summed E-state index contributed by atoms with van der Waals surface area (Å²) in [5.74, 6) is 0.902. The molecule has 2 rings (SSSR count). The maximum atomic E-state index is 5.81. The topological polar surface area (TPSA) is 41.7 Å². The molecular formula is C16H27N3O. The second-order valence-corrected chi connectivity index (χ2v) is 5.63. The number of hydrogen-bond acceptors (Lipinski definition) is 4. The third-order valence-corrected chi connectivity index (χ3v) is 4.02. The van der Waals surface area contributed by atoms with Crippen LogP contribution in [0.1, 0.15) is 19.8 Å². The SMILES string of the molecule is CCC1CN(C)CCCN1CCOc1ccc(N)cc1.